The molecule has 0 aliphatic carbocycles. The Balaban J connectivity index is 1.86. The number of halogens is 2. The van der Waals surface area contributed by atoms with Crippen molar-refractivity contribution in [2.75, 3.05) is 10.6 Å². The number of carbonyl (C=O) groups excluding carboxylic acids is 2. The highest BCUT2D eigenvalue weighted by Crippen LogP contribution is 2.30. The van der Waals surface area contributed by atoms with Gasteiger partial charge in [0.15, 0.2) is 0 Å². The molecule has 8 heteroatoms. The summed E-state index contributed by atoms with van der Waals surface area (Å²) in [6.07, 6.45) is -0.707. The largest absolute Gasteiger partial charge is 0.444 e. The van der Waals surface area contributed by atoms with E-state index in [1.165, 1.54) is 12.1 Å². The van der Waals surface area contributed by atoms with Crippen molar-refractivity contribution in [1.29, 1.82) is 0 Å². The third-order valence-electron chi connectivity index (χ3n) is 3.74. The zero-order valence-electron chi connectivity index (χ0n) is 15.5. The predicted octanol–water partition coefficient (Wildman–Crippen LogP) is 5.67. The number of hydrogen-bond acceptors (Lipinski definition) is 3. The molecule has 0 atom stereocenters. The Morgan fingerprint density at radius 3 is 2.46 bits per heavy atom. The minimum Gasteiger partial charge on any atom is -0.444 e. The number of anilines is 2. The fourth-order valence-electron chi connectivity index (χ4n) is 2.59. The van der Waals surface area contributed by atoms with E-state index in [4.69, 9.17) is 4.74 Å². The molecule has 2 amide bonds. The van der Waals surface area contributed by atoms with Gasteiger partial charge >= 0.3 is 6.09 Å². The molecule has 3 N–H and O–H groups in total. The smallest absolute Gasteiger partial charge is 0.412 e. The Labute approximate surface area is 169 Å². The minimum absolute atomic E-state index is 0.112. The molecular weight excluding hydrogens is 429 g/mol. The molecule has 146 valence electrons. The number of hydrogen-bond donors (Lipinski definition) is 3. The number of aromatic nitrogens is 1. The molecule has 3 aromatic rings. The van der Waals surface area contributed by atoms with Gasteiger partial charge in [0.25, 0.3) is 5.91 Å². The lowest BCUT2D eigenvalue weighted by Gasteiger charge is -2.20. The van der Waals surface area contributed by atoms with Crippen molar-refractivity contribution in [3.63, 3.8) is 0 Å². The van der Waals surface area contributed by atoms with Crippen molar-refractivity contribution < 1.29 is 18.7 Å². The second-order valence-corrected chi connectivity index (χ2v) is 7.92. The Kier molecular flexibility index (Phi) is 5.42. The highest BCUT2D eigenvalue weighted by atomic mass is 79.9. The van der Waals surface area contributed by atoms with E-state index in [2.05, 4.69) is 31.5 Å². The summed E-state index contributed by atoms with van der Waals surface area (Å²) in [6, 6.07) is 11.1. The zero-order chi connectivity index (χ0) is 20.5. The second kappa shape index (κ2) is 7.63. The zero-order valence-corrected chi connectivity index (χ0v) is 17.1. The second-order valence-electron chi connectivity index (χ2n) is 7.13. The number of ether oxygens (including phenoxy) is 1. The van der Waals surface area contributed by atoms with Gasteiger partial charge in [0.2, 0.25) is 0 Å². The average Bonchev–Trinajstić information content (AvgIpc) is 2.93. The summed E-state index contributed by atoms with van der Waals surface area (Å²) in [5, 5.41) is 6.00. The third-order valence-corrected chi connectivity index (χ3v) is 4.56. The molecule has 3 rings (SSSR count). The SMILES string of the molecule is CC(C)(C)OC(=O)Nc1ccc(F)cc1NC(=O)c1[nH]c2ccccc2c1Br. The number of H-pyrrole nitrogens is 1. The normalized spacial score (nSPS) is 11.3. The fourth-order valence-corrected chi connectivity index (χ4v) is 3.22. The molecular formula is C20H19BrFN3O3. The lowest BCUT2D eigenvalue weighted by atomic mass is 10.2. The predicted molar refractivity (Wildman–Crippen MR) is 110 cm³/mol. The molecule has 1 heterocycles. The van der Waals surface area contributed by atoms with Gasteiger partial charge in [-0.05, 0) is 61.0 Å². The number of rotatable bonds is 3. The van der Waals surface area contributed by atoms with Crippen LogP contribution in [0.15, 0.2) is 46.9 Å². The number of para-hydroxylation sites is 1. The molecule has 6 nitrogen and oxygen atoms in total. The summed E-state index contributed by atoms with van der Waals surface area (Å²) in [6.45, 7) is 5.19. The number of amides is 2. The number of nitrogens with one attached hydrogen (secondary N) is 3. The third kappa shape index (κ3) is 4.51. The van der Waals surface area contributed by atoms with Crippen molar-refractivity contribution in [3.8, 4) is 0 Å². The van der Waals surface area contributed by atoms with Gasteiger partial charge in [-0.3, -0.25) is 10.1 Å². The Morgan fingerprint density at radius 1 is 1.07 bits per heavy atom. The topological polar surface area (TPSA) is 83.2 Å². The molecule has 0 saturated carbocycles. The monoisotopic (exact) mass is 447 g/mol. The first-order chi connectivity index (χ1) is 13.1. The van der Waals surface area contributed by atoms with Gasteiger partial charge in [-0.15, -0.1) is 0 Å². The van der Waals surface area contributed by atoms with Crippen LogP contribution in [0, 0.1) is 5.82 Å². The molecule has 0 saturated heterocycles. The standard InChI is InChI=1S/C20H19BrFN3O3/c1-20(2,3)28-19(27)25-14-9-8-11(22)10-15(14)24-18(26)17-16(21)12-6-4-5-7-13(12)23-17/h4-10,23H,1-3H3,(H,24,26)(H,25,27). The fraction of sp³-hybridized carbons (Fsp3) is 0.200. The summed E-state index contributed by atoms with van der Waals surface area (Å²) >= 11 is 3.42. The van der Waals surface area contributed by atoms with Crippen molar-refractivity contribution in [3.05, 3.63) is 58.4 Å². The van der Waals surface area contributed by atoms with E-state index in [-0.39, 0.29) is 17.1 Å². The molecule has 28 heavy (non-hydrogen) atoms. The van der Waals surface area contributed by atoms with Crippen molar-refractivity contribution in [2.45, 2.75) is 26.4 Å². The van der Waals surface area contributed by atoms with Gasteiger partial charge < -0.3 is 15.0 Å². The lowest BCUT2D eigenvalue weighted by Crippen LogP contribution is -2.27. The van der Waals surface area contributed by atoms with E-state index in [1.807, 2.05) is 24.3 Å². The van der Waals surface area contributed by atoms with Crippen molar-refractivity contribution in [1.82, 2.24) is 4.98 Å². The molecule has 0 aliphatic rings. The van der Waals surface area contributed by atoms with Crippen LogP contribution in [0.1, 0.15) is 31.3 Å². The Bertz CT molecular complexity index is 1060. The van der Waals surface area contributed by atoms with Gasteiger partial charge in [0.05, 0.1) is 15.8 Å². The van der Waals surface area contributed by atoms with E-state index in [1.54, 1.807) is 20.8 Å². The van der Waals surface area contributed by atoms with E-state index in [0.29, 0.717) is 4.47 Å². The average molecular weight is 448 g/mol. The molecule has 1 aromatic heterocycles. The summed E-state index contributed by atoms with van der Waals surface area (Å²) in [5.41, 5.74) is 0.708. The Morgan fingerprint density at radius 2 is 1.79 bits per heavy atom. The molecule has 0 spiro atoms. The van der Waals surface area contributed by atoms with Gasteiger partial charge in [0.1, 0.15) is 17.1 Å². The number of fused-ring (bicyclic) bond motifs is 1. The van der Waals surface area contributed by atoms with Crippen LogP contribution in [0.3, 0.4) is 0 Å². The van der Waals surface area contributed by atoms with Crippen LogP contribution in [-0.4, -0.2) is 22.6 Å². The minimum atomic E-state index is -0.707. The molecule has 0 aliphatic heterocycles. The van der Waals surface area contributed by atoms with Gasteiger partial charge in [0, 0.05) is 10.9 Å². The lowest BCUT2D eigenvalue weighted by molar-refractivity contribution is 0.0635. The first kappa shape index (κ1) is 19.9. The molecule has 0 unspecified atom stereocenters. The number of aromatic amines is 1. The van der Waals surface area contributed by atoms with Crippen LogP contribution in [0.2, 0.25) is 0 Å². The number of carbonyl (C=O) groups is 2. The summed E-state index contributed by atoms with van der Waals surface area (Å²) in [4.78, 5) is 27.8. The molecule has 2 aromatic carbocycles. The van der Waals surface area contributed by atoms with Crippen LogP contribution >= 0.6 is 15.9 Å². The van der Waals surface area contributed by atoms with Gasteiger partial charge in [-0.25, -0.2) is 9.18 Å². The van der Waals surface area contributed by atoms with E-state index in [9.17, 15) is 14.0 Å². The van der Waals surface area contributed by atoms with Crippen LogP contribution in [0.4, 0.5) is 20.6 Å². The van der Waals surface area contributed by atoms with E-state index in [0.717, 1.165) is 17.0 Å². The van der Waals surface area contributed by atoms with Gasteiger partial charge in [-0.2, -0.15) is 0 Å². The Hall–Kier alpha value is -2.87. The highest BCUT2D eigenvalue weighted by Gasteiger charge is 2.20. The van der Waals surface area contributed by atoms with Crippen LogP contribution < -0.4 is 10.6 Å². The summed E-state index contributed by atoms with van der Waals surface area (Å²) in [5.74, 6) is -1.04. The van der Waals surface area contributed by atoms with E-state index < -0.39 is 23.4 Å². The molecule has 0 radical (unpaired) electrons. The van der Waals surface area contributed by atoms with Crippen LogP contribution in [0.5, 0.6) is 0 Å². The van der Waals surface area contributed by atoms with E-state index >= 15 is 0 Å². The highest BCUT2D eigenvalue weighted by molar-refractivity contribution is 9.10. The maximum absolute atomic E-state index is 13.7. The van der Waals surface area contributed by atoms with Gasteiger partial charge in [-0.1, -0.05) is 18.2 Å². The molecule has 0 fully saturated rings. The van der Waals surface area contributed by atoms with Crippen molar-refractivity contribution >= 4 is 50.2 Å². The summed E-state index contributed by atoms with van der Waals surface area (Å²) in [7, 11) is 0. The summed E-state index contributed by atoms with van der Waals surface area (Å²) < 4.78 is 19.5. The number of benzene rings is 2. The van der Waals surface area contributed by atoms with Crippen LogP contribution in [-0.2, 0) is 4.74 Å². The first-order valence-corrected chi connectivity index (χ1v) is 9.30. The van der Waals surface area contributed by atoms with Crippen molar-refractivity contribution in [2.24, 2.45) is 0 Å². The quantitative estimate of drug-likeness (QED) is 0.483. The first-order valence-electron chi connectivity index (χ1n) is 8.51. The maximum atomic E-state index is 13.7. The maximum Gasteiger partial charge on any atom is 0.412 e. The van der Waals surface area contributed by atoms with Crippen LogP contribution in [0.25, 0.3) is 10.9 Å². The molecule has 0 bridgehead atoms.